The van der Waals surface area contributed by atoms with Crippen LogP contribution in [0.15, 0.2) is 47.5 Å². The first-order valence-electron chi connectivity index (χ1n) is 10.7. The van der Waals surface area contributed by atoms with Crippen LogP contribution in [-0.4, -0.2) is 48.7 Å². The Balaban J connectivity index is 1.34. The molecule has 0 aromatic heterocycles. The molecule has 1 saturated heterocycles. The normalized spacial score (nSPS) is 21.4. The highest BCUT2D eigenvalue weighted by atomic mass is 32.2. The number of thioether (sulfide) groups is 1. The van der Waals surface area contributed by atoms with Crippen molar-refractivity contribution in [2.45, 2.75) is 12.3 Å². The first-order valence-corrected chi connectivity index (χ1v) is 11.7. The highest BCUT2D eigenvalue weighted by Gasteiger charge is 2.43. The van der Waals surface area contributed by atoms with E-state index in [2.05, 4.69) is 21.2 Å². The van der Waals surface area contributed by atoms with Gasteiger partial charge in [0, 0.05) is 18.3 Å². The fraction of sp³-hybridized carbons (Fsp3) is 0.318. The van der Waals surface area contributed by atoms with Crippen molar-refractivity contribution in [1.29, 1.82) is 0 Å². The predicted molar refractivity (Wildman–Crippen MR) is 123 cm³/mol. The SMILES string of the molecule is O=C(CSC1=NC2NNCC2C(=O)N1c1cccc(C(F)(F)F)c1)Nc1ccc2c(c1)OCCO2. The van der Waals surface area contributed by atoms with Crippen LogP contribution in [0.25, 0.3) is 0 Å². The molecule has 9 nitrogen and oxygen atoms in total. The molecule has 13 heteroatoms. The third-order valence-electron chi connectivity index (χ3n) is 5.52. The van der Waals surface area contributed by atoms with E-state index in [1.807, 2.05) is 0 Å². The van der Waals surface area contributed by atoms with Crippen molar-refractivity contribution < 1.29 is 32.2 Å². The van der Waals surface area contributed by atoms with Gasteiger partial charge in [0.15, 0.2) is 16.7 Å². The molecule has 0 saturated carbocycles. The highest BCUT2D eigenvalue weighted by molar-refractivity contribution is 8.14. The number of amidine groups is 1. The van der Waals surface area contributed by atoms with E-state index < -0.39 is 29.7 Å². The third-order valence-corrected chi connectivity index (χ3v) is 6.47. The number of carbonyl (C=O) groups excluding carboxylic acids is 2. The van der Waals surface area contributed by atoms with Crippen LogP contribution in [0.5, 0.6) is 11.5 Å². The summed E-state index contributed by atoms with van der Waals surface area (Å²) in [7, 11) is 0. The zero-order chi connectivity index (χ0) is 24.6. The molecule has 3 aliphatic rings. The summed E-state index contributed by atoms with van der Waals surface area (Å²) >= 11 is 0.961. The van der Waals surface area contributed by atoms with Gasteiger partial charge < -0.3 is 14.8 Å². The Morgan fingerprint density at radius 3 is 2.77 bits per heavy atom. The van der Waals surface area contributed by atoms with E-state index in [-0.39, 0.29) is 29.1 Å². The molecule has 1 fully saturated rings. The van der Waals surface area contributed by atoms with Crippen LogP contribution in [0.1, 0.15) is 5.56 Å². The maximum Gasteiger partial charge on any atom is 0.416 e. The molecule has 0 spiro atoms. The maximum atomic E-state index is 13.3. The number of nitrogens with zero attached hydrogens (tertiary/aromatic N) is 2. The number of hydrogen-bond donors (Lipinski definition) is 3. The summed E-state index contributed by atoms with van der Waals surface area (Å²) in [6, 6.07) is 9.49. The number of alkyl halides is 3. The molecule has 2 atom stereocenters. The molecule has 0 radical (unpaired) electrons. The lowest BCUT2D eigenvalue weighted by Crippen LogP contribution is -2.49. The fourth-order valence-corrected chi connectivity index (χ4v) is 4.72. The Morgan fingerprint density at radius 2 is 1.97 bits per heavy atom. The maximum absolute atomic E-state index is 13.3. The number of benzene rings is 2. The number of hydrogen-bond acceptors (Lipinski definition) is 8. The summed E-state index contributed by atoms with van der Waals surface area (Å²) in [5.74, 6) is -0.392. The van der Waals surface area contributed by atoms with Gasteiger partial charge in [-0.05, 0) is 30.3 Å². The zero-order valence-electron chi connectivity index (χ0n) is 18.1. The van der Waals surface area contributed by atoms with E-state index in [0.29, 0.717) is 30.4 Å². The van der Waals surface area contributed by atoms with Crippen molar-refractivity contribution in [1.82, 2.24) is 10.9 Å². The Morgan fingerprint density at radius 1 is 1.17 bits per heavy atom. The summed E-state index contributed by atoms with van der Waals surface area (Å²) in [4.78, 5) is 31.5. The minimum Gasteiger partial charge on any atom is -0.486 e. The van der Waals surface area contributed by atoms with Crippen LogP contribution in [-0.2, 0) is 15.8 Å². The van der Waals surface area contributed by atoms with Crippen LogP contribution >= 0.6 is 11.8 Å². The van der Waals surface area contributed by atoms with Crippen LogP contribution < -0.4 is 30.5 Å². The molecule has 0 bridgehead atoms. The lowest BCUT2D eigenvalue weighted by atomic mass is 10.0. The Labute approximate surface area is 202 Å². The summed E-state index contributed by atoms with van der Waals surface area (Å²) < 4.78 is 50.8. The zero-order valence-corrected chi connectivity index (χ0v) is 18.9. The van der Waals surface area contributed by atoms with Crippen LogP contribution in [0.3, 0.4) is 0 Å². The van der Waals surface area contributed by atoms with Gasteiger partial charge in [-0.15, -0.1) is 0 Å². The van der Waals surface area contributed by atoms with Gasteiger partial charge in [0.25, 0.3) is 0 Å². The van der Waals surface area contributed by atoms with Crippen molar-refractivity contribution in [2.75, 3.05) is 35.7 Å². The number of amides is 2. The molecule has 2 aromatic rings. The van der Waals surface area contributed by atoms with Gasteiger partial charge in [0.05, 0.1) is 22.9 Å². The second-order valence-electron chi connectivity index (χ2n) is 7.91. The third kappa shape index (κ3) is 4.92. The van der Waals surface area contributed by atoms with E-state index in [0.717, 1.165) is 28.8 Å². The van der Waals surface area contributed by atoms with Gasteiger partial charge in [0.1, 0.15) is 19.4 Å². The lowest BCUT2D eigenvalue weighted by Gasteiger charge is -2.32. The van der Waals surface area contributed by atoms with Gasteiger partial charge in [-0.2, -0.15) is 13.2 Å². The second-order valence-corrected chi connectivity index (χ2v) is 8.85. The largest absolute Gasteiger partial charge is 0.486 e. The standard InChI is InChI=1S/C22H20F3N5O4S/c23-22(24,25)12-2-1-3-14(8-12)30-20(32)15-10-26-29-19(15)28-21(30)35-11-18(31)27-13-4-5-16-17(9-13)34-7-6-33-16/h1-5,8-9,15,19,26,29H,6-7,10-11H2,(H,27,31). The molecule has 3 aliphatic heterocycles. The van der Waals surface area contributed by atoms with Gasteiger partial charge in [0.2, 0.25) is 11.8 Å². The molecular formula is C22H20F3N5O4S. The topological polar surface area (TPSA) is 104 Å². The first kappa shape index (κ1) is 23.5. The number of halogens is 3. The number of nitrogens with one attached hydrogen (secondary N) is 3. The summed E-state index contributed by atoms with van der Waals surface area (Å²) in [6.45, 7) is 1.14. The molecule has 2 amide bonds. The number of carbonyl (C=O) groups is 2. The van der Waals surface area contributed by atoms with E-state index in [4.69, 9.17) is 9.47 Å². The Kier molecular flexibility index (Phi) is 6.30. The molecule has 0 aliphatic carbocycles. The first-order chi connectivity index (χ1) is 16.8. The van der Waals surface area contributed by atoms with E-state index in [1.165, 1.54) is 12.1 Å². The summed E-state index contributed by atoms with van der Waals surface area (Å²) in [5, 5.41) is 2.87. The second kappa shape index (κ2) is 9.40. The number of rotatable bonds is 4. The van der Waals surface area contributed by atoms with Crippen LogP contribution in [0.2, 0.25) is 0 Å². The number of ether oxygens (including phenoxy) is 2. The van der Waals surface area contributed by atoms with E-state index >= 15 is 0 Å². The lowest BCUT2D eigenvalue weighted by molar-refractivity contribution is -0.137. The Bertz CT molecular complexity index is 1190. The van der Waals surface area contributed by atoms with Gasteiger partial charge in [-0.3, -0.25) is 19.9 Å². The van der Waals surface area contributed by atoms with Gasteiger partial charge >= 0.3 is 6.18 Å². The molecular weight excluding hydrogens is 487 g/mol. The van der Waals surface area contributed by atoms with Crippen LogP contribution in [0, 0.1) is 5.92 Å². The highest BCUT2D eigenvalue weighted by Crippen LogP contribution is 2.35. The van der Waals surface area contributed by atoms with E-state index in [9.17, 15) is 22.8 Å². The summed E-state index contributed by atoms with van der Waals surface area (Å²) in [6.07, 6.45) is -5.14. The molecule has 184 valence electrons. The molecule has 5 rings (SSSR count). The van der Waals surface area contributed by atoms with Crippen molar-refractivity contribution in [3.05, 3.63) is 48.0 Å². The predicted octanol–water partition coefficient (Wildman–Crippen LogP) is 2.60. The number of anilines is 2. The quantitative estimate of drug-likeness (QED) is 0.585. The monoisotopic (exact) mass is 507 g/mol. The minimum atomic E-state index is -4.57. The average Bonchev–Trinajstić information content (AvgIpc) is 3.31. The fourth-order valence-electron chi connectivity index (χ4n) is 3.88. The van der Waals surface area contributed by atoms with Crippen molar-refractivity contribution >= 4 is 40.1 Å². The molecule has 2 aromatic carbocycles. The summed E-state index contributed by atoms with van der Waals surface area (Å²) in [5.41, 5.74) is 5.38. The number of aliphatic imine (C=N–C) groups is 1. The van der Waals surface area contributed by atoms with Crippen LogP contribution in [0.4, 0.5) is 24.5 Å². The molecule has 3 N–H and O–H groups in total. The smallest absolute Gasteiger partial charge is 0.416 e. The van der Waals surface area contributed by atoms with Gasteiger partial charge in [-0.1, -0.05) is 17.8 Å². The number of fused-ring (bicyclic) bond motifs is 2. The molecule has 2 unspecified atom stereocenters. The molecule has 3 heterocycles. The minimum absolute atomic E-state index is 0.0358. The average molecular weight is 507 g/mol. The van der Waals surface area contributed by atoms with Crippen molar-refractivity contribution in [2.24, 2.45) is 10.9 Å². The number of hydrazine groups is 1. The Hall–Kier alpha value is -3.29. The van der Waals surface area contributed by atoms with Gasteiger partial charge in [-0.25, -0.2) is 10.4 Å². The van der Waals surface area contributed by atoms with Crippen molar-refractivity contribution in [3.8, 4) is 11.5 Å². The van der Waals surface area contributed by atoms with Crippen molar-refractivity contribution in [3.63, 3.8) is 0 Å². The molecule has 35 heavy (non-hydrogen) atoms. The van der Waals surface area contributed by atoms with E-state index in [1.54, 1.807) is 18.2 Å².